The van der Waals surface area contributed by atoms with Crippen molar-refractivity contribution in [1.29, 1.82) is 0 Å². The minimum atomic E-state index is -0.0373. The minimum absolute atomic E-state index is 0.0373. The molecule has 1 spiro atoms. The van der Waals surface area contributed by atoms with E-state index in [2.05, 4.69) is 46.9 Å². The molecule has 148 valence electrons. The van der Waals surface area contributed by atoms with E-state index in [-0.39, 0.29) is 11.5 Å². The van der Waals surface area contributed by atoms with Gasteiger partial charge in [-0.3, -0.25) is 9.69 Å². The molecule has 27 heavy (non-hydrogen) atoms. The van der Waals surface area contributed by atoms with E-state index >= 15 is 0 Å². The molecule has 3 saturated heterocycles. The number of hydrogen-bond acceptors (Lipinski definition) is 5. The summed E-state index contributed by atoms with van der Waals surface area (Å²) in [5.41, 5.74) is 1.20. The third kappa shape index (κ3) is 3.45. The summed E-state index contributed by atoms with van der Waals surface area (Å²) in [6.07, 6.45) is 4.44. The summed E-state index contributed by atoms with van der Waals surface area (Å²) in [6.45, 7) is 11.2. The van der Waals surface area contributed by atoms with Crippen molar-refractivity contribution < 1.29 is 9.53 Å². The van der Waals surface area contributed by atoms with Crippen molar-refractivity contribution in [2.75, 3.05) is 44.2 Å². The van der Waals surface area contributed by atoms with Crippen molar-refractivity contribution in [3.05, 3.63) is 23.9 Å². The van der Waals surface area contributed by atoms with Crippen LogP contribution in [0.3, 0.4) is 0 Å². The van der Waals surface area contributed by atoms with Gasteiger partial charge in [0.2, 0.25) is 5.91 Å². The summed E-state index contributed by atoms with van der Waals surface area (Å²) in [5, 5.41) is 3.19. The first-order valence-corrected chi connectivity index (χ1v) is 10.4. The number of fused-ring (bicyclic) bond motifs is 1. The Kier molecular flexibility index (Phi) is 5.12. The maximum absolute atomic E-state index is 12.3. The molecule has 4 heterocycles. The predicted molar refractivity (Wildman–Crippen MR) is 106 cm³/mol. The normalized spacial score (nSPS) is 31.6. The van der Waals surface area contributed by atoms with Crippen LogP contribution in [0.15, 0.2) is 18.3 Å². The third-order valence-electron chi connectivity index (χ3n) is 6.81. The van der Waals surface area contributed by atoms with E-state index in [9.17, 15) is 4.79 Å². The van der Waals surface area contributed by atoms with Gasteiger partial charge in [-0.25, -0.2) is 4.98 Å². The van der Waals surface area contributed by atoms with Crippen LogP contribution in [0.2, 0.25) is 0 Å². The van der Waals surface area contributed by atoms with E-state index in [1.54, 1.807) is 0 Å². The number of likely N-dealkylation sites (N-methyl/N-ethyl adjacent to an activating group) is 1. The van der Waals surface area contributed by atoms with E-state index in [0.29, 0.717) is 24.5 Å². The van der Waals surface area contributed by atoms with Gasteiger partial charge in [-0.1, -0.05) is 13.8 Å². The first kappa shape index (κ1) is 18.7. The molecule has 3 aliphatic heterocycles. The molecule has 3 aliphatic rings. The number of hydrogen-bond donors (Lipinski definition) is 1. The number of nitrogens with zero attached hydrogens (tertiary/aromatic N) is 3. The predicted octanol–water partition coefficient (Wildman–Crippen LogP) is 1.83. The topological polar surface area (TPSA) is 57.7 Å². The lowest BCUT2D eigenvalue weighted by Crippen LogP contribution is -2.44. The smallest absolute Gasteiger partial charge is 0.234 e. The van der Waals surface area contributed by atoms with Crippen LogP contribution in [0.1, 0.15) is 32.3 Å². The van der Waals surface area contributed by atoms with Crippen molar-refractivity contribution in [2.45, 2.75) is 45.3 Å². The average Bonchev–Trinajstić information content (AvgIpc) is 3.33. The fourth-order valence-electron chi connectivity index (χ4n) is 5.27. The number of anilines is 1. The number of nitrogens with one attached hydrogen (secondary N) is 1. The Labute approximate surface area is 162 Å². The van der Waals surface area contributed by atoms with Crippen molar-refractivity contribution in [3.63, 3.8) is 0 Å². The van der Waals surface area contributed by atoms with Gasteiger partial charge in [-0.2, -0.15) is 0 Å². The van der Waals surface area contributed by atoms with Gasteiger partial charge < -0.3 is 15.0 Å². The van der Waals surface area contributed by atoms with Crippen LogP contribution in [0.25, 0.3) is 0 Å². The van der Waals surface area contributed by atoms with Crippen molar-refractivity contribution in [2.24, 2.45) is 11.8 Å². The van der Waals surface area contributed by atoms with E-state index in [1.165, 1.54) is 5.56 Å². The SMILES string of the molecule is CCN(CC)CC(=O)NC[C@H]1[C@H]2CN(c3cc(C)ccn3)C[C@]23CC[C@H]1O3. The molecule has 6 nitrogen and oxygen atoms in total. The first-order valence-electron chi connectivity index (χ1n) is 10.4. The number of pyridine rings is 1. The summed E-state index contributed by atoms with van der Waals surface area (Å²) in [6, 6.07) is 4.19. The maximum atomic E-state index is 12.3. The molecule has 6 heteroatoms. The molecule has 1 N–H and O–H groups in total. The highest BCUT2D eigenvalue weighted by Gasteiger charge is 2.63. The number of carbonyl (C=O) groups excluding carboxylic acids is 1. The molecule has 0 radical (unpaired) electrons. The van der Waals surface area contributed by atoms with Gasteiger partial charge in [0.15, 0.2) is 0 Å². The molecule has 1 amide bonds. The van der Waals surface area contributed by atoms with Crippen LogP contribution in [0, 0.1) is 18.8 Å². The van der Waals surface area contributed by atoms with Crippen LogP contribution in [-0.2, 0) is 9.53 Å². The van der Waals surface area contributed by atoms with E-state index in [1.807, 2.05) is 12.3 Å². The Balaban J connectivity index is 1.40. The lowest BCUT2D eigenvalue weighted by Gasteiger charge is -2.29. The Morgan fingerprint density at radius 2 is 2.26 bits per heavy atom. The molecule has 3 fully saturated rings. The highest BCUT2D eigenvalue weighted by molar-refractivity contribution is 5.78. The van der Waals surface area contributed by atoms with Gasteiger partial charge in [-0.05, 0) is 50.6 Å². The van der Waals surface area contributed by atoms with Crippen LogP contribution in [-0.4, -0.2) is 66.8 Å². The summed E-state index contributed by atoms with van der Waals surface area (Å²) < 4.78 is 6.50. The number of aromatic nitrogens is 1. The molecular weight excluding hydrogens is 340 g/mol. The molecular formula is C21H32N4O2. The largest absolute Gasteiger partial charge is 0.369 e. The standard InChI is InChI=1S/C21H32N4O2/c1-4-24(5-2)13-20(26)23-11-16-17-12-25(19-10-15(3)7-9-22-19)14-21(17)8-6-18(16)27-21/h7,9-10,16-18H,4-6,8,11-14H2,1-3H3,(H,23,26)/t16-,17+,18+,21+/m0/s1. The molecule has 0 saturated carbocycles. The maximum Gasteiger partial charge on any atom is 0.234 e. The van der Waals surface area contributed by atoms with Crippen LogP contribution in [0.5, 0.6) is 0 Å². The van der Waals surface area contributed by atoms with Gasteiger partial charge >= 0.3 is 0 Å². The van der Waals surface area contributed by atoms with Gasteiger partial charge in [0, 0.05) is 37.7 Å². The highest BCUT2D eigenvalue weighted by atomic mass is 16.5. The second-order valence-corrected chi connectivity index (χ2v) is 8.37. The van der Waals surface area contributed by atoms with Crippen LogP contribution >= 0.6 is 0 Å². The Morgan fingerprint density at radius 3 is 3.00 bits per heavy atom. The first-order chi connectivity index (χ1) is 13.0. The fraction of sp³-hybridized carbons (Fsp3) is 0.714. The Hall–Kier alpha value is -1.66. The van der Waals surface area contributed by atoms with Crippen LogP contribution in [0.4, 0.5) is 5.82 Å². The highest BCUT2D eigenvalue weighted by Crippen LogP contribution is 2.55. The Bertz CT molecular complexity index is 693. The van der Waals surface area contributed by atoms with Crippen molar-refractivity contribution in [1.82, 2.24) is 15.2 Å². The van der Waals surface area contributed by atoms with E-state index in [4.69, 9.17) is 4.74 Å². The molecule has 4 rings (SSSR count). The second-order valence-electron chi connectivity index (χ2n) is 8.37. The molecule has 2 bridgehead atoms. The zero-order valence-electron chi connectivity index (χ0n) is 16.8. The summed E-state index contributed by atoms with van der Waals surface area (Å²) in [4.78, 5) is 21.4. The average molecular weight is 373 g/mol. The lowest BCUT2D eigenvalue weighted by atomic mass is 9.73. The molecule has 0 unspecified atom stereocenters. The third-order valence-corrected chi connectivity index (χ3v) is 6.81. The minimum Gasteiger partial charge on any atom is -0.369 e. The van der Waals surface area contributed by atoms with Crippen LogP contribution < -0.4 is 10.2 Å². The molecule has 1 aromatic rings. The Morgan fingerprint density at radius 1 is 1.44 bits per heavy atom. The molecule has 0 aliphatic carbocycles. The van der Waals surface area contributed by atoms with Gasteiger partial charge in [-0.15, -0.1) is 0 Å². The zero-order valence-corrected chi connectivity index (χ0v) is 16.8. The number of carbonyl (C=O) groups is 1. The van der Waals surface area contributed by atoms with Gasteiger partial charge in [0.1, 0.15) is 5.82 Å². The second kappa shape index (κ2) is 7.40. The fourth-order valence-corrected chi connectivity index (χ4v) is 5.27. The molecule has 1 aromatic heterocycles. The molecule has 4 atom stereocenters. The van der Waals surface area contributed by atoms with Crippen molar-refractivity contribution in [3.8, 4) is 0 Å². The molecule has 0 aromatic carbocycles. The summed E-state index contributed by atoms with van der Waals surface area (Å²) in [5.74, 6) is 2.07. The summed E-state index contributed by atoms with van der Waals surface area (Å²) >= 11 is 0. The van der Waals surface area contributed by atoms with Crippen molar-refractivity contribution >= 4 is 11.7 Å². The van der Waals surface area contributed by atoms with E-state index in [0.717, 1.165) is 51.4 Å². The van der Waals surface area contributed by atoms with E-state index < -0.39 is 0 Å². The zero-order chi connectivity index (χ0) is 19.0. The number of rotatable bonds is 7. The van der Waals surface area contributed by atoms with Gasteiger partial charge in [0.05, 0.1) is 18.2 Å². The number of ether oxygens (including phenoxy) is 1. The summed E-state index contributed by atoms with van der Waals surface area (Å²) in [7, 11) is 0. The number of aryl methyl sites for hydroxylation is 1. The quantitative estimate of drug-likeness (QED) is 0.791. The number of amides is 1. The monoisotopic (exact) mass is 372 g/mol. The lowest BCUT2D eigenvalue weighted by molar-refractivity contribution is -0.122. The van der Waals surface area contributed by atoms with Gasteiger partial charge in [0.25, 0.3) is 0 Å².